The second-order valence-corrected chi connectivity index (χ2v) is 6.47. The number of nitrogens with two attached hydrogens (primary N) is 1. The minimum Gasteiger partial charge on any atom is -0.435 e. The first-order chi connectivity index (χ1) is 12.2. The zero-order chi connectivity index (χ0) is 17.2. The van der Waals surface area contributed by atoms with Crippen molar-refractivity contribution in [1.29, 1.82) is 0 Å². The predicted octanol–water partition coefficient (Wildman–Crippen LogP) is 4.08. The number of ether oxygens (including phenoxy) is 2. The molecule has 6 rings (SSSR count). The van der Waals surface area contributed by atoms with Crippen LogP contribution in [0.4, 0.5) is 5.69 Å². The van der Waals surface area contributed by atoms with Crippen LogP contribution in [0.3, 0.4) is 0 Å². The number of hydrogen-bond acceptors (Lipinski definition) is 5. The van der Waals surface area contributed by atoms with Crippen molar-refractivity contribution in [2.45, 2.75) is 37.6 Å². The van der Waals surface area contributed by atoms with E-state index in [1.54, 1.807) is 13.2 Å². The van der Waals surface area contributed by atoms with Crippen LogP contribution in [-0.2, 0) is 9.47 Å². The van der Waals surface area contributed by atoms with Gasteiger partial charge in [0.25, 0.3) is 0 Å². The number of benzene rings is 2. The maximum atomic E-state index is 5.88. The van der Waals surface area contributed by atoms with Gasteiger partial charge in [-0.05, 0) is 37.0 Å². The molecule has 1 aromatic heterocycles. The summed E-state index contributed by atoms with van der Waals surface area (Å²) in [5.41, 5.74) is 8.80. The van der Waals surface area contributed by atoms with Gasteiger partial charge in [0.2, 0.25) is 5.89 Å². The van der Waals surface area contributed by atoms with Crippen molar-refractivity contribution < 1.29 is 13.9 Å². The van der Waals surface area contributed by atoms with Gasteiger partial charge in [-0.15, -0.1) is 0 Å². The smallest absolute Gasteiger partial charge is 0.229 e. The standard InChI is InChI=1S/C15H14N2O2.C5H8O/c1-18-13(10-6-3-2-4-7-10)15-17-12-9-5-8-11(16)14(12)19-15;1-2-5-3-4(1)6-5/h2-9,13H,16H2,1H3;4-5H,1-3H2. The number of hydrogen-bond donors (Lipinski definition) is 1. The molecule has 25 heavy (non-hydrogen) atoms. The van der Waals surface area contributed by atoms with E-state index >= 15 is 0 Å². The highest BCUT2D eigenvalue weighted by Gasteiger charge is 2.36. The Morgan fingerprint density at radius 3 is 2.36 bits per heavy atom. The predicted molar refractivity (Wildman–Crippen MR) is 96.2 cm³/mol. The van der Waals surface area contributed by atoms with Crippen LogP contribution in [0, 0.1) is 0 Å². The van der Waals surface area contributed by atoms with Crippen molar-refractivity contribution in [2.24, 2.45) is 0 Å². The number of fused-ring (bicyclic) bond motifs is 2. The fourth-order valence-corrected chi connectivity index (χ4v) is 3.40. The molecular formula is C20H22N2O3. The van der Waals surface area contributed by atoms with Crippen LogP contribution in [-0.4, -0.2) is 24.3 Å². The minimum atomic E-state index is -0.326. The Morgan fingerprint density at radius 2 is 1.80 bits per heavy atom. The van der Waals surface area contributed by atoms with Crippen LogP contribution < -0.4 is 5.73 Å². The zero-order valence-electron chi connectivity index (χ0n) is 14.2. The van der Waals surface area contributed by atoms with E-state index in [1.165, 1.54) is 19.3 Å². The molecule has 1 saturated carbocycles. The summed E-state index contributed by atoms with van der Waals surface area (Å²) in [5, 5.41) is 0. The average Bonchev–Trinajstić information content (AvgIpc) is 3.33. The van der Waals surface area contributed by atoms with Crippen molar-refractivity contribution in [3.8, 4) is 0 Å². The van der Waals surface area contributed by atoms with Crippen LogP contribution in [0.25, 0.3) is 11.1 Å². The molecule has 3 fully saturated rings. The van der Waals surface area contributed by atoms with E-state index in [9.17, 15) is 0 Å². The number of para-hydroxylation sites is 1. The fourth-order valence-electron chi connectivity index (χ4n) is 3.40. The number of rotatable bonds is 3. The molecular weight excluding hydrogens is 316 g/mol. The Labute approximate surface area is 146 Å². The zero-order valence-corrected chi connectivity index (χ0v) is 14.2. The van der Waals surface area contributed by atoms with E-state index in [4.69, 9.17) is 19.6 Å². The first kappa shape index (κ1) is 16.1. The first-order valence-electron chi connectivity index (χ1n) is 8.62. The van der Waals surface area contributed by atoms with E-state index in [0.29, 0.717) is 29.4 Å². The Bertz CT molecular complexity index is 827. The summed E-state index contributed by atoms with van der Waals surface area (Å²) in [6.45, 7) is 0. The molecule has 5 heteroatoms. The Morgan fingerprint density at radius 1 is 1.08 bits per heavy atom. The number of anilines is 1. The van der Waals surface area contributed by atoms with E-state index in [-0.39, 0.29) is 6.10 Å². The third-order valence-corrected chi connectivity index (χ3v) is 4.75. The summed E-state index contributed by atoms with van der Waals surface area (Å²) in [6, 6.07) is 15.3. The van der Waals surface area contributed by atoms with Gasteiger partial charge >= 0.3 is 0 Å². The molecule has 3 unspecified atom stereocenters. The van der Waals surface area contributed by atoms with Crippen LogP contribution in [0.1, 0.15) is 36.8 Å². The summed E-state index contributed by atoms with van der Waals surface area (Å²) in [4.78, 5) is 4.45. The fraction of sp³-hybridized carbons (Fsp3) is 0.350. The summed E-state index contributed by atoms with van der Waals surface area (Å²) in [7, 11) is 1.63. The molecule has 0 amide bonds. The molecule has 5 nitrogen and oxygen atoms in total. The van der Waals surface area contributed by atoms with E-state index in [2.05, 4.69) is 4.98 Å². The van der Waals surface area contributed by atoms with Crippen molar-refractivity contribution in [1.82, 2.24) is 4.98 Å². The average molecular weight is 338 g/mol. The largest absolute Gasteiger partial charge is 0.435 e. The van der Waals surface area contributed by atoms with E-state index in [1.807, 2.05) is 42.5 Å². The lowest BCUT2D eigenvalue weighted by Crippen LogP contribution is -2.25. The Kier molecular flexibility index (Phi) is 4.42. The van der Waals surface area contributed by atoms with Gasteiger partial charge in [0.1, 0.15) is 5.52 Å². The monoisotopic (exact) mass is 338 g/mol. The molecule has 2 N–H and O–H groups in total. The summed E-state index contributed by atoms with van der Waals surface area (Å²) >= 11 is 0. The van der Waals surface area contributed by atoms with Crippen LogP contribution >= 0.6 is 0 Å². The highest BCUT2D eigenvalue weighted by molar-refractivity contribution is 5.84. The highest BCUT2D eigenvalue weighted by Crippen LogP contribution is 2.36. The minimum absolute atomic E-state index is 0.326. The molecule has 3 heterocycles. The number of nitrogens with zero attached hydrogens (tertiary/aromatic N) is 1. The van der Waals surface area contributed by atoms with Crippen LogP contribution in [0.15, 0.2) is 52.9 Å². The van der Waals surface area contributed by atoms with Gasteiger partial charge < -0.3 is 19.6 Å². The van der Waals surface area contributed by atoms with Gasteiger partial charge in [0.05, 0.1) is 17.9 Å². The van der Waals surface area contributed by atoms with Gasteiger partial charge in [0.15, 0.2) is 11.7 Å². The molecule has 0 radical (unpaired) electrons. The molecule has 1 aliphatic carbocycles. The van der Waals surface area contributed by atoms with E-state index in [0.717, 1.165) is 11.1 Å². The number of oxazole rings is 1. The molecule has 3 aliphatic rings. The number of methoxy groups -OCH3 is 1. The summed E-state index contributed by atoms with van der Waals surface area (Å²) in [6.07, 6.45) is 5.09. The quantitative estimate of drug-likeness (QED) is 0.729. The van der Waals surface area contributed by atoms with Crippen LogP contribution in [0.2, 0.25) is 0 Å². The third kappa shape index (κ3) is 3.25. The van der Waals surface area contributed by atoms with Crippen molar-refractivity contribution in [2.75, 3.05) is 12.8 Å². The third-order valence-electron chi connectivity index (χ3n) is 4.75. The lowest BCUT2D eigenvalue weighted by atomic mass is 10.1. The molecule has 3 aromatic rings. The Hall–Kier alpha value is -2.37. The lowest BCUT2D eigenvalue weighted by Gasteiger charge is -2.23. The Balaban J connectivity index is 0.000000217. The first-order valence-corrected chi connectivity index (χ1v) is 8.62. The summed E-state index contributed by atoms with van der Waals surface area (Å²) < 4.78 is 16.5. The summed E-state index contributed by atoms with van der Waals surface area (Å²) in [5.74, 6) is 0.515. The lowest BCUT2D eigenvalue weighted by molar-refractivity contribution is -0.0647. The van der Waals surface area contributed by atoms with Crippen molar-refractivity contribution in [3.63, 3.8) is 0 Å². The van der Waals surface area contributed by atoms with Crippen molar-refractivity contribution in [3.05, 3.63) is 60.0 Å². The second-order valence-electron chi connectivity index (χ2n) is 6.47. The molecule has 3 atom stereocenters. The maximum Gasteiger partial charge on any atom is 0.229 e. The van der Waals surface area contributed by atoms with Crippen LogP contribution in [0.5, 0.6) is 0 Å². The molecule has 2 aromatic carbocycles. The molecule has 2 aliphatic heterocycles. The number of aromatic nitrogens is 1. The molecule has 2 bridgehead atoms. The number of nitrogen functional groups attached to an aromatic ring is 1. The van der Waals surface area contributed by atoms with Gasteiger partial charge in [-0.1, -0.05) is 36.4 Å². The van der Waals surface area contributed by atoms with Gasteiger partial charge in [-0.25, -0.2) is 4.98 Å². The van der Waals surface area contributed by atoms with Gasteiger partial charge in [-0.2, -0.15) is 0 Å². The highest BCUT2D eigenvalue weighted by atomic mass is 16.5. The van der Waals surface area contributed by atoms with Crippen molar-refractivity contribution >= 4 is 16.8 Å². The maximum absolute atomic E-state index is 5.88. The molecule has 2 saturated heterocycles. The normalized spacial score (nSPS) is 22.1. The molecule has 130 valence electrons. The SMILES string of the molecule is C1CC2CC1O2.COC(c1ccccc1)c1nc2cccc(N)c2o1. The van der Waals surface area contributed by atoms with Gasteiger partial charge in [-0.3, -0.25) is 0 Å². The molecule has 0 spiro atoms. The van der Waals surface area contributed by atoms with E-state index < -0.39 is 0 Å². The second kappa shape index (κ2) is 6.86. The van der Waals surface area contributed by atoms with Gasteiger partial charge in [0, 0.05) is 7.11 Å². The topological polar surface area (TPSA) is 70.5 Å².